The average Bonchev–Trinajstić information content (AvgIpc) is 2.87. The minimum absolute atomic E-state index is 0.0141. The van der Waals surface area contributed by atoms with Crippen LogP contribution >= 0.6 is 0 Å². The van der Waals surface area contributed by atoms with Gasteiger partial charge in [0.25, 0.3) is 0 Å². The Morgan fingerprint density at radius 2 is 1.81 bits per heavy atom. The normalized spacial score (nSPS) is 47.5. The summed E-state index contributed by atoms with van der Waals surface area (Å²) in [6.07, 6.45) is 1.89. The van der Waals surface area contributed by atoms with Gasteiger partial charge in [0.05, 0.1) is 11.0 Å². The van der Waals surface area contributed by atoms with E-state index in [0.29, 0.717) is 11.8 Å². The Morgan fingerprint density at radius 1 is 1.19 bits per heavy atom. The highest BCUT2D eigenvalue weighted by atomic mass is 16.6. The molecule has 21 heavy (non-hydrogen) atoms. The molecule has 0 aromatic rings. The summed E-state index contributed by atoms with van der Waals surface area (Å²) in [7, 11) is 0. The summed E-state index contributed by atoms with van der Waals surface area (Å²) < 4.78 is 11.7. The van der Waals surface area contributed by atoms with Gasteiger partial charge in [-0.15, -0.1) is 0 Å². The number of carbonyl (C=O) groups excluding carboxylic acids is 1. The number of rotatable bonds is 1. The van der Waals surface area contributed by atoms with Crippen LogP contribution in [0, 0.1) is 29.1 Å². The second-order valence-electron chi connectivity index (χ2n) is 8.90. The molecule has 3 fully saturated rings. The molecule has 2 bridgehead atoms. The number of aliphatic hydroxyl groups is 1. The van der Waals surface area contributed by atoms with Crippen LogP contribution in [0.25, 0.3) is 0 Å². The summed E-state index contributed by atoms with van der Waals surface area (Å²) in [5, 5.41) is 10.6. The third-order valence-corrected chi connectivity index (χ3v) is 5.71. The quantitative estimate of drug-likeness (QED) is 0.756. The third kappa shape index (κ3) is 2.22. The van der Waals surface area contributed by atoms with E-state index in [0.717, 1.165) is 12.8 Å². The molecule has 2 saturated carbocycles. The highest BCUT2D eigenvalue weighted by Crippen LogP contribution is 2.64. The van der Waals surface area contributed by atoms with Gasteiger partial charge in [-0.05, 0) is 60.3 Å². The summed E-state index contributed by atoms with van der Waals surface area (Å²) >= 11 is 0. The van der Waals surface area contributed by atoms with Crippen molar-refractivity contribution in [3.63, 3.8) is 0 Å². The molecule has 4 heteroatoms. The van der Waals surface area contributed by atoms with E-state index in [4.69, 9.17) is 9.47 Å². The van der Waals surface area contributed by atoms with Crippen LogP contribution in [0.2, 0.25) is 0 Å². The van der Waals surface area contributed by atoms with Gasteiger partial charge in [0.2, 0.25) is 0 Å². The van der Waals surface area contributed by atoms with E-state index in [9.17, 15) is 9.90 Å². The maximum Gasteiger partial charge on any atom is 0.311 e. The maximum atomic E-state index is 12.2. The number of hydrogen-bond acceptors (Lipinski definition) is 4. The Hall–Kier alpha value is -0.610. The van der Waals surface area contributed by atoms with Crippen molar-refractivity contribution in [1.82, 2.24) is 0 Å². The summed E-state index contributed by atoms with van der Waals surface area (Å²) in [6.45, 7) is 11.6. The fourth-order valence-electron chi connectivity index (χ4n) is 5.14. The molecule has 6 atom stereocenters. The summed E-state index contributed by atoms with van der Waals surface area (Å²) in [5.74, 6) is -0.0249. The van der Waals surface area contributed by atoms with Crippen molar-refractivity contribution in [3.8, 4) is 0 Å². The van der Waals surface area contributed by atoms with Gasteiger partial charge in [-0.1, -0.05) is 0 Å². The molecule has 0 aromatic carbocycles. The van der Waals surface area contributed by atoms with E-state index >= 15 is 0 Å². The first-order valence-corrected chi connectivity index (χ1v) is 8.07. The molecule has 3 aliphatic rings. The number of fused-ring (bicyclic) bond motifs is 5. The molecule has 3 rings (SSSR count). The first-order chi connectivity index (χ1) is 9.43. The van der Waals surface area contributed by atoms with Gasteiger partial charge in [0, 0.05) is 17.8 Å². The lowest BCUT2D eigenvalue weighted by molar-refractivity contribution is -0.225. The zero-order valence-electron chi connectivity index (χ0n) is 14.0. The Labute approximate surface area is 127 Å². The Kier molecular flexibility index (Phi) is 3.08. The highest BCUT2D eigenvalue weighted by molar-refractivity contribution is 5.75. The zero-order valence-corrected chi connectivity index (χ0v) is 14.0. The van der Waals surface area contributed by atoms with E-state index in [1.54, 1.807) is 6.92 Å². The number of ether oxygens (including phenoxy) is 2. The average molecular weight is 296 g/mol. The van der Waals surface area contributed by atoms with Crippen molar-refractivity contribution >= 4 is 5.97 Å². The van der Waals surface area contributed by atoms with Crippen molar-refractivity contribution in [2.45, 2.75) is 71.9 Å². The second kappa shape index (κ2) is 4.23. The summed E-state index contributed by atoms with van der Waals surface area (Å²) in [5.41, 5.74) is -0.825. The number of carbonyl (C=O) groups is 1. The zero-order chi connectivity index (χ0) is 15.8. The lowest BCUT2D eigenvalue weighted by atomic mass is 9.70. The van der Waals surface area contributed by atoms with Crippen molar-refractivity contribution < 1.29 is 19.4 Å². The van der Waals surface area contributed by atoms with Crippen molar-refractivity contribution in [1.29, 1.82) is 0 Å². The van der Waals surface area contributed by atoms with Crippen LogP contribution in [0.4, 0.5) is 0 Å². The molecule has 4 nitrogen and oxygen atoms in total. The van der Waals surface area contributed by atoms with Gasteiger partial charge in [-0.25, -0.2) is 0 Å². The SMILES string of the molecule is CC(C)(C)C(=O)OC1CC2CC1C1C2C(C)(O)OC1(C)C. The van der Waals surface area contributed by atoms with E-state index in [-0.39, 0.29) is 29.5 Å². The lowest BCUT2D eigenvalue weighted by Gasteiger charge is -2.37. The van der Waals surface area contributed by atoms with Crippen molar-refractivity contribution in [2.24, 2.45) is 29.1 Å². The van der Waals surface area contributed by atoms with Crippen LogP contribution in [-0.4, -0.2) is 28.6 Å². The number of esters is 1. The summed E-state index contributed by atoms with van der Waals surface area (Å²) in [4.78, 5) is 12.2. The van der Waals surface area contributed by atoms with Crippen molar-refractivity contribution in [2.75, 3.05) is 0 Å². The van der Waals surface area contributed by atoms with E-state index < -0.39 is 11.2 Å². The molecule has 120 valence electrons. The fraction of sp³-hybridized carbons (Fsp3) is 0.941. The first kappa shape index (κ1) is 15.3. The minimum Gasteiger partial charge on any atom is -0.462 e. The van der Waals surface area contributed by atoms with Crippen LogP contribution in [-0.2, 0) is 14.3 Å². The Morgan fingerprint density at radius 3 is 2.38 bits per heavy atom. The summed E-state index contributed by atoms with van der Waals surface area (Å²) in [6, 6.07) is 0. The fourth-order valence-corrected chi connectivity index (χ4v) is 5.14. The molecule has 1 heterocycles. The molecular formula is C17H28O4. The molecule has 6 unspecified atom stereocenters. The molecule has 1 aliphatic heterocycles. The molecule has 0 aromatic heterocycles. The van der Waals surface area contributed by atoms with Crippen LogP contribution in [0.3, 0.4) is 0 Å². The van der Waals surface area contributed by atoms with Gasteiger partial charge >= 0.3 is 5.97 Å². The van der Waals surface area contributed by atoms with E-state index in [2.05, 4.69) is 13.8 Å². The molecule has 0 amide bonds. The highest BCUT2D eigenvalue weighted by Gasteiger charge is 2.68. The van der Waals surface area contributed by atoms with Crippen LogP contribution < -0.4 is 0 Å². The topological polar surface area (TPSA) is 55.8 Å². The first-order valence-electron chi connectivity index (χ1n) is 8.07. The third-order valence-electron chi connectivity index (χ3n) is 5.71. The second-order valence-corrected chi connectivity index (χ2v) is 8.90. The van der Waals surface area contributed by atoms with Gasteiger partial charge in [0.1, 0.15) is 6.10 Å². The Balaban J connectivity index is 1.80. The minimum atomic E-state index is -1.05. The van der Waals surface area contributed by atoms with E-state index in [1.807, 2.05) is 20.8 Å². The Bertz CT molecular complexity index is 460. The molecule has 1 saturated heterocycles. The molecule has 1 N–H and O–H groups in total. The van der Waals surface area contributed by atoms with Crippen LogP contribution in [0.1, 0.15) is 54.4 Å². The molecule has 0 radical (unpaired) electrons. The molecule has 0 spiro atoms. The molecular weight excluding hydrogens is 268 g/mol. The van der Waals surface area contributed by atoms with Gasteiger partial charge in [0.15, 0.2) is 5.79 Å². The van der Waals surface area contributed by atoms with Crippen LogP contribution in [0.5, 0.6) is 0 Å². The monoisotopic (exact) mass is 296 g/mol. The van der Waals surface area contributed by atoms with Crippen molar-refractivity contribution in [3.05, 3.63) is 0 Å². The predicted octanol–water partition coefficient (Wildman–Crippen LogP) is 2.73. The standard InChI is InChI=1S/C17H28O4/c1-15(2,3)14(18)20-11-8-9-7-10(11)13-12(9)17(6,19)21-16(13,4)5/h9-13,19H,7-8H2,1-6H3. The van der Waals surface area contributed by atoms with Crippen LogP contribution in [0.15, 0.2) is 0 Å². The maximum absolute atomic E-state index is 12.2. The molecule has 2 aliphatic carbocycles. The smallest absolute Gasteiger partial charge is 0.311 e. The van der Waals surface area contributed by atoms with Gasteiger partial charge < -0.3 is 14.6 Å². The largest absolute Gasteiger partial charge is 0.462 e. The van der Waals surface area contributed by atoms with Gasteiger partial charge in [-0.3, -0.25) is 4.79 Å². The van der Waals surface area contributed by atoms with Gasteiger partial charge in [-0.2, -0.15) is 0 Å². The lowest BCUT2D eigenvalue weighted by Crippen LogP contribution is -2.43. The van der Waals surface area contributed by atoms with E-state index in [1.165, 1.54) is 0 Å². The number of hydrogen-bond donors (Lipinski definition) is 1. The predicted molar refractivity (Wildman–Crippen MR) is 78.3 cm³/mol.